The van der Waals surface area contributed by atoms with Gasteiger partial charge in [-0.3, -0.25) is 0 Å². The fourth-order valence-corrected chi connectivity index (χ4v) is 2.83. The maximum atomic E-state index is 12.2. The van der Waals surface area contributed by atoms with E-state index in [0.717, 1.165) is 25.9 Å². The molecular weight excluding hydrogens is 312 g/mol. The number of unbranched alkanes of at least 4 members (excludes halogenated alkanes) is 6. The minimum Gasteiger partial charge on any atom is -0.460 e. The van der Waals surface area contributed by atoms with Crippen LogP contribution in [0.1, 0.15) is 87.2 Å². The lowest BCUT2D eigenvalue weighted by Crippen LogP contribution is -2.12. The summed E-state index contributed by atoms with van der Waals surface area (Å²) in [6.45, 7) is 8.01. The number of esters is 1. The minimum absolute atomic E-state index is 0.246. The van der Waals surface area contributed by atoms with Crippen molar-refractivity contribution in [3.8, 4) is 0 Å². The van der Waals surface area contributed by atoms with E-state index in [0.29, 0.717) is 18.8 Å². The van der Waals surface area contributed by atoms with E-state index in [2.05, 4.69) is 26.8 Å². The zero-order valence-corrected chi connectivity index (χ0v) is 16.4. The monoisotopic (exact) mass is 348 g/mol. The van der Waals surface area contributed by atoms with Gasteiger partial charge in [0.2, 0.25) is 0 Å². The van der Waals surface area contributed by atoms with Crippen LogP contribution in [0.15, 0.2) is 18.2 Å². The summed E-state index contributed by atoms with van der Waals surface area (Å²) in [7, 11) is 0. The van der Waals surface area contributed by atoms with E-state index in [1.165, 1.54) is 49.7 Å². The second-order valence-corrected chi connectivity index (χ2v) is 6.61. The molecule has 25 heavy (non-hydrogen) atoms. The Balaban J connectivity index is 2.13. The number of carbonyl (C=O) groups excluding carboxylic acids is 1. The third-order valence-electron chi connectivity index (χ3n) is 4.46. The molecule has 0 fully saturated rings. The van der Waals surface area contributed by atoms with Gasteiger partial charge >= 0.3 is 5.97 Å². The summed E-state index contributed by atoms with van der Waals surface area (Å²) < 4.78 is 10.9. The van der Waals surface area contributed by atoms with E-state index in [-0.39, 0.29) is 5.97 Å². The average molecular weight is 349 g/mol. The van der Waals surface area contributed by atoms with Crippen molar-refractivity contribution < 1.29 is 14.3 Å². The van der Waals surface area contributed by atoms with Gasteiger partial charge in [0.15, 0.2) is 0 Å². The third kappa shape index (κ3) is 9.64. The number of rotatable bonds is 14. The molecule has 0 aliphatic heterocycles. The Morgan fingerprint density at radius 3 is 1.96 bits per heavy atom. The quantitative estimate of drug-likeness (QED) is 0.318. The minimum atomic E-state index is -0.246. The Morgan fingerprint density at radius 1 is 0.760 bits per heavy atom. The van der Waals surface area contributed by atoms with Gasteiger partial charge in [0.1, 0.15) is 6.61 Å². The molecule has 0 amide bonds. The second-order valence-electron chi connectivity index (χ2n) is 6.61. The molecule has 1 aromatic carbocycles. The predicted octanol–water partition coefficient (Wildman–Crippen LogP) is 5.74. The predicted molar refractivity (Wildman–Crippen MR) is 104 cm³/mol. The van der Waals surface area contributed by atoms with Crippen molar-refractivity contribution in [1.82, 2.24) is 0 Å². The number of ether oxygens (including phenoxy) is 2. The molecular formula is C22H36O3. The summed E-state index contributed by atoms with van der Waals surface area (Å²) in [5, 5.41) is 0. The van der Waals surface area contributed by atoms with Gasteiger partial charge in [0.05, 0.1) is 12.2 Å². The summed E-state index contributed by atoms with van der Waals surface area (Å²) in [6.07, 6.45) is 10.8. The molecule has 0 N–H and O–H groups in total. The van der Waals surface area contributed by atoms with E-state index in [9.17, 15) is 4.79 Å². The van der Waals surface area contributed by atoms with Gasteiger partial charge < -0.3 is 9.47 Å². The lowest BCUT2D eigenvalue weighted by Gasteiger charge is -2.09. The first kappa shape index (κ1) is 21.7. The maximum absolute atomic E-state index is 12.2. The number of aryl methyl sites for hydroxylation is 2. The van der Waals surface area contributed by atoms with Gasteiger partial charge in [0, 0.05) is 6.61 Å². The summed E-state index contributed by atoms with van der Waals surface area (Å²) in [4.78, 5) is 12.2. The largest absolute Gasteiger partial charge is 0.460 e. The number of hydrogen-bond acceptors (Lipinski definition) is 3. The highest BCUT2D eigenvalue weighted by Crippen LogP contribution is 2.13. The number of carbonyl (C=O) groups is 1. The molecule has 1 rings (SSSR count). The molecule has 0 spiro atoms. The smallest absolute Gasteiger partial charge is 0.338 e. The number of hydrogen-bond donors (Lipinski definition) is 0. The van der Waals surface area contributed by atoms with Gasteiger partial charge in [-0.05, 0) is 42.5 Å². The van der Waals surface area contributed by atoms with Crippen LogP contribution in [0.3, 0.4) is 0 Å². The molecule has 0 saturated heterocycles. The lowest BCUT2D eigenvalue weighted by atomic mass is 10.0. The summed E-state index contributed by atoms with van der Waals surface area (Å²) in [5.74, 6) is -0.246. The Kier molecular flexibility index (Phi) is 12.0. The Morgan fingerprint density at radius 2 is 1.36 bits per heavy atom. The fourth-order valence-electron chi connectivity index (χ4n) is 2.83. The normalized spacial score (nSPS) is 10.8. The summed E-state index contributed by atoms with van der Waals surface area (Å²) in [6, 6.07) is 6.02. The molecule has 0 aliphatic carbocycles. The molecule has 0 radical (unpaired) electrons. The van der Waals surface area contributed by atoms with Gasteiger partial charge in [-0.1, -0.05) is 65.4 Å². The first-order chi connectivity index (χ1) is 12.2. The molecule has 0 atom stereocenters. The summed E-state index contributed by atoms with van der Waals surface area (Å²) in [5.41, 5.74) is 3.02. The van der Waals surface area contributed by atoms with Crippen LogP contribution >= 0.6 is 0 Å². The standard InChI is InChI=1S/C22H36O3/c1-4-7-8-9-10-11-12-13-24-14-15-25-22(23)21-17-19(5-2)16-20(6-3)18-21/h16-18H,4-15H2,1-3H3. The second kappa shape index (κ2) is 13.9. The van der Waals surface area contributed by atoms with Crippen molar-refractivity contribution in [3.63, 3.8) is 0 Å². The van der Waals surface area contributed by atoms with E-state index < -0.39 is 0 Å². The van der Waals surface area contributed by atoms with Crippen LogP contribution in [-0.2, 0) is 22.3 Å². The zero-order chi connectivity index (χ0) is 18.3. The first-order valence-electron chi connectivity index (χ1n) is 10.1. The third-order valence-corrected chi connectivity index (χ3v) is 4.46. The molecule has 1 aromatic rings. The molecule has 0 unspecified atom stereocenters. The molecule has 3 heteroatoms. The molecule has 0 aromatic heterocycles. The van der Waals surface area contributed by atoms with Crippen LogP contribution in [0.25, 0.3) is 0 Å². The zero-order valence-electron chi connectivity index (χ0n) is 16.4. The van der Waals surface area contributed by atoms with Crippen molar-refractivity contribution in [2.45, 2.75) is 78.6 Å². The lowest BCUT2D eigenvalue weighted by molar-refractivity contribution is 0.0312. The fraction of sp³-hybridized carbons (Fsp3) is 0.682. The van der Waals surface area contributed by atoms with Crippen LogP contribution < -0.4 is 0 Å². The van der Waals surface area contributed by atoms with Crippen LogP contribution in [0.4, 0.5) is 0 Å². The average Bonchev–Trinajstić information content (AvgIpc) is 2.65. The van der Waals surface area contributed by atoms with Crippen molar-refractivity contribution in [1.29, 1.82) is 0 Å². The topological polar surface area (TPSA) is 35.5 Å². The van der Waals surface area contributed by atoms with Gasteiger partial charge in [-0.25, -0.2) is 4.79 Å². The van der Waals surface area contributed by atoms with E-state index in [1.54, 1.807) is 0 Å². The Labute approximate surface area is 154 Å². The first-order valence-corrected chi connectivity index (χ1v) is 10.1. The SMILES string of the molecule is CCCCCCCCCOCCOC(=O)c1cc(CC)cc(CC)c1. The van der Waals surface area contributed by atoms with E-state index in [4.69, 9.17) is 9.47 Å². The molecule has 0 heterocycles. The van der Waals surface area contributed by atoms with E-state index >= 15 is 0 Å². The Bertz CT molecular complexity index is 460. The molecule has 0 aliphatic rings. The van der Waals surface area contributed by atoms with Gasteiger partial charge in [-0.15, -0.1) is 0 Å². The molecule has 3 nitrogen and oxygen atoms in total. The Hall–Kier alpha value is -1.35. The van der Waals surface area contributed by atoms with E-state index in [1.807, 2.05) is 12.1 Å². The highest BCUT2D eigenvalue weighted by Gasteiger charge is 2.09. The van der Waals surface area contributed by atoms with Crippen LogP contribution in [0, 0.1) is 0 Å². The molecule has 0 bridgehead atoms. The maximum Gasteiger partial charge on any atom is 0.338 e. The highest BCUT2D eigenvalue weighted by molar-refractivity contribution is 5.89. The van der Waals surface area contributed by atoms with Crippen LogP contribution in [0.5, 0.6) is 0 Å². The van der Waals surface area contributed by atoms with Crippen molar-refractivity contribution in [3.05, 3.63) is 34.9 Å². The van der Waals surface area contributed by atoms with Gasteiger partial charge in [0.25, 0.3) is 0 Å². The van der Waals surface area contributed by atoms with Gasteiger partial charge in [-0.2, -0.15) is 0 Å². The molecule has 142 valence electrons. The highest BCUT2D eigenvalue weighted by atomic mass is 16.6. The van der Waals surface area contributed by atoms with Crippen molar-refractivity contribution >= 4 is 5.97 Å². The van der Waals surface area contributed by atoms with Crippen molar-refractivity contribution in [2.75, 3.05) is 19.8 Å². The van der Waals surface area contributed by atoms with Crippen LogP contribution in [0.2, 0.25) is 0 Å². The summed E-state index contributed by atoms with van der Waals surface area (Å²) >= 11 is 0. The van der Waals surface area contributed by atoms with Crippen molar-refractivity contribution in [2.24, 2.45) is 0 Å². The van der Waals surface area contributed by atoms with Crippen LogP contribution in [-0.4, -0.2) is 25.8 Å². The number of benzene rings is 1. The molecule has 0 saturated carbocycles.